The summed E-state index contributed by atoms with van der Waals surface area (Å²) in [5.41, 5.74) is 1.51. The first kappa shape index (κ1) is 12.1. The van der Waals surface area contributed by atoms with E-state index in [-0.39, 0.29) is 5.41 Å². The van der Waals surface area contributed by atoms with Gasteiger partial charge in [-0.05, 0) is 24.0 Å². The van der Waals surface area contributed by atoms with Crippen LogP contribution in [0, 0.1) is 0 Å². The van der Waals surface area contributed by atoms with E-state index >= 15 is 0 Å². The standard InChI is InChI=1S/C13H16O4/c1-17-8-13(5-6-13)10-4-2-3-9(7-10)11(14)12(15)16/h2-4,7,11,14H,5-6,8H2,1H3,(H,15,16). The Balaban J connectivity index is 2.26. The van der Waals surface area contributed by atoms with E-state index in [0.717, 1.165) is 18.4 Å². The molecule has 4 nitrogen and oxygen atoms in total. The SMILES string of the molecule is COCC1(c2cccc(C(O)C(=O)O)c2)CC1. The molecule has 1 atom stereocenters. The summed E-state index contributed by atoms with van der Waals surface area (Å²) in [6.07, 6.45) is 0.647. The maximum Gasteiger partial charge on any atom is 0.337 e. The minimum absolute atomic E-state index is 0.0307. The molecule has 0 radical (unpaired) electrons. The van der Waals surface area contributed by atoms with Crippen LogP contribution in [0.15, 0.2) is 24.3 Å². The van der Waals surface area contributed by atoms with Crippen molar-refractivity contribution in [3.05, 3.63) is 35.4 Å². The maximum absolute atomic E-state index is 10.7. The topological polar surface area (TPSA) is 66.8 Å². The molecular formula is C13H16O4. The number of carbonyl (C=O) groups is 1. The van der Waals surface area contributed by atoms with Crippen molar-refractivity contribution in [1.29, 1.82) is 0 Å². The van der Waals surface area contributed by atoms with E-state index in [9.17, 15) is 9.90 Å². The van der Waals surface area contributed by atoms with Crippen molar-refractivity contribution in [2.45, 2.75) is 24.4 Å². The monoisotopic (exact) mass is 236 g/mol. The second-order valence-corrected chi connectivity index (χ2v) is 4.58. The third-order valence-corrected chi connectivity index (χ3v) is 3.32. The Kier molecular flexibility index (Phi) is 3.17. The summed E-state index contributed by atoms with van der Waals surface area (Å²) in [6.45, 7) is 0.639. The summed E-state index contributed by atoms with van der Waals surface area (Å²) in [4.78, 5) is 10.7. The number of aliphatic carboxylic acids is 1. The molecule has 0 heterocycles. The first-order valence-electron chi connectivity index (χ1n) is 5.59. The predicted octanol–water partition coefficient (Wildman–Crippen LogP) is 1.48. The van der Waals surface area contributed by atoms with Crippen molar-refractivity contribution in [2.24, 2.45) is 0 Å². The van der Waals surface area contributed by atoms with E-state index in [2.05, 4.69) is 0 Å². The minimum atomic E-state index is -1.45. The highest BCUT2D eigenvalue weighted by Crippen LogP contribution is 2.48. The van der Waals surface area contributed by atoms with Crippen LogP contribution < -0.4 is 0 Å². The summed E-state index contributed by atoms with van der Waals surface area (Å²) in [6, 6.07) is 7.15. The number of carboxylic acid groups (broad SMARTS) is 1. The largest absolute Gasteiger partial charge is 0.479 e. The Morgan fingerprint density at radius 2 is 2.24 bits per heavy atom. The molecule has 92 valence electrons. The van der Waals surface area contributed by atoms with Crippen LogP contribution in [0.1, 0.15) is 30.1 Å². The van der Waals surface area contributed by atoms with Crippen LogP contribution in [0.2, 0.25) is 0 Å². The molecule has 4 heteroatoms. The molecule has 1 aromatic carbocycles. The van der Waals surface area contributed by atoms with Crippen LogP contribution in [0.4, 0.5) is 0 Å². The molecule has 2 N–H and O–H groups in total. The van der Waals surface area contributed by atoms with Crippen molar-refractivity contribution in [2.75, 3.05) is 13.7 Å². The summed E-state index contributed by atoms with van der Waals surface area (Å²) in [7, 11) is 1.66. The van der Waals surface area contributed by atoms with Crippen LogP contribution in [0.5, 0.6) is 0 Å². The van der Waals surface area contributed by atoms with Gasteiger partial charge in [0.2, 0.25) is 0 Å². The lowest BCUT2D eigenvalue weighted by Crippen LogP contribution is -2.16. The predicted molar refractivity (Wildman–Crippen MR) is 61.8 cm³/mol. The molecule has 0 aromatic heterocycles. The summed E-state index contributed by atoms with van der Waals surface area (Å²) < 4.78 is 5.19. The molecule has 1 aromatic rings. The molecule has 1 aliphatic rings. The number of aliphatic hydroxyl groups is 1. The van der Waals surface area contributed by atoms with Crippen LogP contribution in [-0.2, 0) is 14.9 Å². The van der Waals surface area contributed by atoms with Crippen molar-refractivity contribution in [1.82, 2.24) is 0 Å². The van der Waals surface area contributed by atoms with Gasteiger partial charge in [0.05, 0.1) is 6.61 Å². The molecule has 1 saturated carbocycles. The van der Waals surface area contributed by atoms with Gasteiger partial charge in [-0.1, -0.05) is 24.3 Å². The van der Waals surface area contributed by atoms with Crippen LogP contribution in [0.25, 0.3) is 0 Å². The van der Waals surface area contributed by atoms with Gasteiger partial charge in [-0.2, -0.15) is 0 Å². The Morgan fingerprint density at radius 1 is 1.53 bits per heavy atom. The van der Waals surface area contributed by atoms with Gasteiger partial charge in [0, 0.05) is 12.5 Å². The normalized spacial score (nSPS) is 18.7. The van der Waals surface area contributed by atoms with Crippen LogP contribution in [-0.4, -0.2) is 29.9 Å². The van der Waals surface area contributed by atoms with Crippen molar-refractivity contribution in [3.63, 3.8) is 0 Å². The second kappa shape index (κ2) is 4.47. The first-order valence-corrected chi connectivity index (χ1v) is 5.59. The summed E-state index contributed by atoms with van der Waals surface area (Å²) in [5, 5.41) is 18.3. The van der Waals surface area contributed by atoms with Gasteiger partial charge in [0.15, 0.2) is 6.10 Å². The highest BCUT2D eigenvalue weighted by atomic mass is 16.5. The Hall–Kier alpha value is -1.39. The third-order valence-electron chi connectivity index (χ3n) is 3.32. The Labute approximate surface area is 99.8 Å². The molecule has 0 amide bonds. The smallest absolute Gasteiger partial charge is 0.337 e. The van der Waals surface area contributed by atoms with Gasteiger partial charge < -0.3 is 14.9 Å². The number of methoxy groups -OCH3 is 1. The zero-order valence-corrected chi connectivity index (χ0v) is 9.72. The van der Waals surface area contributed by atoms with E-state index in [1.165, 1.54) is 0 Å². The third kappa shape index (κ3) is 2.33. The molecule has 0 spiro atoms. The lowest BCUT2D eigenvalue weighted by atomic mass is 9.94. The molecule has 0 saturated heterocycles. The fraction of sp³-hybridized carbons (Fsp3) is 0.462. The van der Waals surface area contributed by atoms with Gasteiger partial charge in [0.1, 0.15) is 0 Å². The van der Waals surface area contributed by atoms with Crippen molar-refractivity contribution in [3.8, 4) is 0 Å². The number of aliphatic hydroxyl groups excluding tert-OH is 1. The molecular weight excluding hydrogens is 220 g/mol. The van der Waals surface area contributed by atoms with Crippen LogP contribution >= 0.6 is 0 Å². The fourth-order valence-electron chi connectivity index (χ4n) is 2.12. The quantitative estimate of drug-likeness (QED) is 0.812. The van der Waals surface area contributed by atoms with Crippen LogP contribution in [0.3, 0.4) is 0 Å². The van der Waals surface area contributed by atoms with E-state index in [4.69, 9.17) is 9.84 Å². The number of hydrogen-bond acceptors (Lipinski definition) is 3. The molecule has 1 aliphatic carbocycles. The van der Waals surface area contributed by atoms with Gasteiger partial charge in [-0.25, -0.2) is 4.79 Å². The molecule has 0 bridgehead atoms. The molecule has 1 fully saturated rings. The van der Waals surface area contributed by atoms with E-state index in [0.29, 0.717) is 12.2 Å². The average molecular weight is 236 g/mol. The summed E-state index contributed by atoms with van der Waals surface area (Å²) >= 11 is 0. The zero-order chi connectivity index (χ0) is 12.5. The zero-order valence-electron chi connectivity index (χ0n) is 9.72. The number of carboxylic acids is 1. The highest BCUT2D eigenvalue weighted by Gasteiger charge is 2.44. The highest BCUT2D eigenvalue weighted by molar-refractivity contribution is 5.74. The second-order valence-electron chi connectivity index (χ2n) is 4.58. The van der Waals surface area contributed by atoms with Gasteiger partial charge in [0.25, 0.3) is 0 Å². The molecule has 1 unspecified atom stereocenters. The number of rotatable bonds is 5. The van der Waals surface area contributed by atoms with Crippen molar-refractivity contribution >= 4 is 5.97 Å². The molecule has 0 aliphatic heterocycles. The lowest BCUT2D eigenvalue weighted by molar-refractivity contribution is -0.146. The van der Waals surface area contributed by atoms with Crippen molar-refractivity contribution < 1.29 is 19.7 Å². The summed E-state index contributed by atoms with van der Waals surface area (Å²) in [5.74, 6) is -1.22. The van der Waals surface area contributed by atoms with Gasteiger partial charge >= 0.3 is 5.97 Å². The Morgan fingerprint density at radius 3 is 2.76 bits per heavy atom. The first-order chi connectivity index (χ1) is 8.09. The van der Waals surface area contributed by atoms with E-state index in [1.807, 2.05) is 6.07 Å². The number of benzene rings is 1. The van der Waals surface area contributed by atoms with E-state index in [1.54, 1.807) is 25.3 Å². The number of hydrogen-bond donors (Lipinski definition) is 2. The molecule has 2 rings (SSSR count). The minimum Gasteiger partial charge on any atom is -0.479 e. The average Bonchev–Trinajstić information content (AvgIpc) is 3.10. The van der Waals surface area contributed by atoms with Gasteiger partial charge in [-0.3, -0.25) is 0 Å². The lowest BCUT2D eigenvalue weighted by Gasteiger charge is -2.16. The fourth-order valence-corrected chi connectivity index (χ4v) is 2.12. The van der Waals surface area contributed by atoms with Gasteiger partial charge in [-0.15, -0.1) is 0 Å². The molecule has 17 heavy (non-hydrogen) atoms. The number of ether oxygens (including phenoxy) is 1. The maximum atomic E-state index is 10.7. The Bertz CT molecular complexity index is 423. The van der Waals surface area contributed by atoms with E-state index < -0.39 is 12.1 Å².